The highest BCUT2D eigenvalue weighted by atomic mass is 79.9. The van der Waals surface area contributed by atoms with Crippen LogP contribution in [0.2, 0.25) is 0 Å². The fourth-order valence-corrected chi connectivity index (χ4v) is 1.31. The Balaban J connectivity index is 3.45. The number of carbonyl (C=O) groups is 1. The summed E-state index contributed by atoms with van der Waals surface area (Å²) < 4.78 is 4.89. The van der Waals surface area contributed by atoms with Crippen molar-refractivity contribution < 1.29 is 9.53 Å². The van der Waals surface area contributed by atoms with Gasteiger partial charge in [-0.25, -0.2) is 0 Å². The van der Waals surface area contributed by atoms with Crippen LogP contribution in [0, 0.1) is 0 Å². The topological polar surface area (TPSA) is 29.5 Å². The molecule has 0 heterocycles. The van der Waals surface area contributed by atoms with E-state index in [1.165, 1.54) is 0 Å². The van der Waals surface area contributed by atoms with Gasteiger partial charge < -0.3 is 9.64 Å². The monoisotopic (exact) mass is 251 g/mol. The third kappa shape index (κ3) is 7.02. The molecule has 13 heavy (non-hydrogen) atoms. The second-order valence-electron chi connectivity index (χ2n) is 2.95. The molecule has 4 heteroatoms. The Morgan fingerprint density at radius 2 is 2.15 bits per heavy atom. The van der Waals surface area contributed by atoms with E-state index < -0.39 is 0 Å². The van der Waals surface area contributed by atoms with Gasteiger partial charge in [0, 0.05) is 32.5 Å². The Bertz CT molecular complexity index is 142. The number of rotatable bonds is 7. The third-order valence-corrected chi connectivity index (χ3v) is 2.39. The van der Waals surface area contributed by atoms with Gasteiger partial charge in [-0.15, -0.1) is 0 Å². The molecule has 0 aliphatic heterocycles. The van der Waals surface area contributed by atoms with Crippen molar-refractivity contribution in [2.45, 2.75) is 19.3 Å². The van der Waals surface area contributed by atoms with Gasteiger partial charge in [-0.1, -0.05) is 15.9 Å². The Hall–Kier alpha value is -0.0900. The van der Waals surface area contributed by atoms with Gasteiger partial charge in [0.15, 0.2) is 0 Å². The van der Waals surface area contributed by atoms with Crippen LogP contribution >= 0.6 is 15.9 Å². The van der Waals surface area contributed by atoms with E-state index in [9.17, 15) is 4.79 Å². The Morgan fingerprint density at radius 3 is 2.69 bits per heavy atom. The molecule has 0 rings (SSSR count). The molecule has 0 bridgehead atoms. The summed E-state index contributed by atoms with van der Waals surface area (Å²) in [5.74, 6) is 0.206. The first-order valence-corrected chi connectivity index (χ1v) is 5.63. The fourth-order valence-electron chi connectivity index (χ4n) is 0.914. The lowest BCUT2D eigenvalue weighted by atomic mass is 10.2. The second kappa shape index (κ2) is 8.51. The van der Waals surface area contributed by atoms with Gasteiger partial charge in [-0.2, -0.15) is 0 Å². The van der Waals surface area contributed by atoms with Crippen LogP contribution in [0.3, 0.4) is 0 Å². The summed E-state index contributed by atoms with van der Waals surface area (Å²) in [7, 11) is 3.46. The Kier molecular flexibility index (Phi) is 8.45. The minimum atomic E-state index is 0.206. The number of amides is 1. The molecule has 1 amide bonds. The SMILES string of the molecule is COCCN(C)C(=O)CCCCBr. The maximum atomic E-state index is 11.4. The smallest absolute Gasteiger partial charge is 0.222 e. The van der Waals surface area contributed by atoms with Gasteiger partial charge in [0.2, 0.25) is 5.91 Å². The van der Waals surface area contributed by atoms with E-state index in [4.69, 9.17) is 4.74 Å². The highest BCUT2D eigenvalue weighted by Gasteiger charge is 2.06. The normalized spacial score (nSPS) is 10.1. The van der Waals surface area contributed by atoms with Crippen molar-refractivity contribution in [3.63, 3.8) is 0 Å². The van der Waals surface area contributed by atoms with E-state index in [0.29, 0.717) is 19.6 Å². The Morgan fingerprint density at radius 1 is 1.46 bits per heavy atom. The summed E-state index contributed by atoms with van der Waals surface area (Å²) in [6, 6.07) is 0. The molecule has 0 aromatic carbocycles. The lowest BCUT2D eigenvalue weighted by molar-refractivity contribution is -0.130. The summed E-state index contributed by atoms with van der Waals surface area (Å²) in [6.45, 7) is 1.30. The van der Waals surface area contributed by atoms with Crippen LogP contribution in [0.15, 0.2) is 0 Å². The molecule has 78 valence electrons. The number of halogens is 1. The van der Waals surface area contributed by atoms with Crippen LogP contribution < -0.4 is 0 Å². The predicted molar refractivity (Wildman–Crippen MR) is 57.2 cm³/mol. The standard InChI is InChI=1S/C9H18BrNO2/c1-11(7-8-13-2)9(12)5-3-4-6-10/h3-8H2,1-2H3. The van der Waals surface area contributed by atoms with E-state index in [1.807, 2.05) is 7.05 Å². The third-order valence-electron chi connectivity index (χ3n) is 1.83. The highest BCUT2D eigenvalue weighted by molar-refractivity contribution is 9.09. The number of unbranched alkanes of at least 4 members (excludes halogenated alkanes) is 1. The summed E-state index contributed by atoms with van der Waals surface area (Å²) in [5.41, 5.74) is 0. The van der Waals surface area contributed by atoms with E-state index in [1.54, 1.807) is 12.0 Å². The molecule has 0 radical (unpaired) electrons. The number of likely N-dealkylation sites (N-methyl/N-ethyl adjacent to an activating group) is 1. The number of methoxy groups -OCH3 is 1. The minimum Gasteiger partial charge on any atom is -0.383 e. The molecule has 0 saturated carbocycles. The average Bonchev–Trinajstić information content (AvgIpc) is 2.14. The molecule has 0 aromatic heterocycles. The van der Waals surface area contributed by atoms with Gasteiger partial charge in [-0.3, -0.25) is 4.79 Å². The first-order valence-electron chi connectivity index (χ1n) is 4.51. The second-order valence-corrected chi connectivity index (χ2v) is 3.75. The van der Waals surface area contributed by atoms with Crippen LogP contribution in [0.1, 0.15) is 19.3 Å². The first kappa shape index (κ1) is 12.9. The maximum absolute atomic E-state index is 11.4. The van der Waals surface area contributed by atoms with E-state index in [2.05, 4.69) is 15.9 Å². The van der Waals surface area contributed by atoms with Crippen LogP contribution in [0.4, 0.5) is 0 Å². The van der Waals surface area contributed by atoms with Crippen molar-refractivity contribution in [3.05, 3.63) is 0 Å². The minimum absolute atomic E-state index is 0.206. The quantitative estimate of drug-likeness (QED) is 0.509. The van der Waals surface area contributed by atoms with Gasteiger partial charge in [-0.05, 0) is 12.8 Å². The van der Waals surface area contributed by atoms with Crippen molar-refractivity contribution in [2.24, 2.45) is 0 Å². The molecule has 3 nitrogen and oxygen atoms in total. The van der Waals surface area contributed by atoms with E-state index in [-0.39, 0.29) is 5.91 Å². The van der Waals surface area contributed by atoms with Crippen LogP contribution in [0.5, 0.6) is 0 Å². The largest absolute Gasteiger partial charge is 0.383 e. The van der Waals surface area contributed by atoms with Crippen molar-refractivity contribution in [1.29, 1.82) is 0 Å². The summed E-state index contributed by atoms with van der Waals surface area (Å²) in [5, 5.41) is 0.974. The van der Waals surface area contributed by atoms with Gasteiger partial charge in [0.1, 0.15) is 0 Å². The van der Waals surface area contributed by atoms with Crippen LogP contribution in [-0.2, 0) is 9.53 Å². The van der Waals surface area contributed by atoms with Crippen molar-refractivity contribution >= 4 is 21.8 Å². The number of hydrogen-bond donors (Lipinski definition) is 0. The summed E-state index contributed by atoms with van der Waals surface area (Å²) in [6.07, 6.45) is 2.66. The van der Waals surface area contributed by atoms with Crippen LogP contribution in [-0.4, -0.2) is 43.4 Å². The molecule has 0 fully saturated rings. The first-order chi connectivity index (χ1) is 6.22. The molecule has 0 saturated heterocycles. The molecule has 0 aliphatic rings. The fraction of sp³-hybridized carbons (Fsp3) is 0.889. The van der Waals surface area contributed by atoms with Crippen molar-refractivity contribution in [3.8, 4) is 0 Å². The highest BCUT2D eigenvalue weighted by Crippen LogP contribution is 2.01. The van der Waals surface area contributed by atoms with E-state index >= 15 is 0 Å². The van der Waals surface area contributed by atoms with Gasteiger partial charge in [0.25, 0.3) is 0 Å². The summed E-state index contributed by atoms with van der Waals surface area (Å²) >= 11 is 3.33. The molecule has 0 N–H and O–H groups in total. The van der Waals surface area contributed by atoms with Gasteiger partial charge in [0.05, 0.1) is 6.61 Å². The number of hydrogen-bond acceptors (Lipinski definition) is 2. The number of carbonyl (C=O) groups excluding carboxylic acids is 1. The average molecular weight is 252 g/mol. The van der Waals surface area contributed by atoms with Crippen molar-refractivity contribution in [2.75, 3.05) is 32.6 Å². The zero-order valence-electron chi connectivity index (χ0n) is 8.38. The van der Waals surface area contributed by atoms with Crippen molar-refractivity contribution in [1.82, 2.24) is 4.90 Å². The Labute approximate surface area is 88.6 Å². The zero-order valence-corrected chi connectivity index (χ0v) is 9.97. The molecule has 0 spiro atoms. The lowest BCUT2D eigenvalue weighted by Gasteiger charge is -2.16. The molecule has 0 unspecified atom stereocenters. The number of ether oxygens (including phenoxy) is 1. The van der Waals surface area contributed by atoms with Gasteiger partial charge >= 0.3 is 0 Å². The lowest BCUT2D eigenvalue weighted by Crippen LogP contribution is -2.29. The van der Waals surface area contributed by atoms with E-state index in [0.717, 1.165) is 18.2 Å². The maximum Gasteiger partial charge on any atom is 0.222 e. The molecule has 0 aromatic rings. The summed E-state index contributed by atoms with van der Waals surface area (Å²) in [4.78, 5) is 13.1. The predicted octanol–water partition coefficient (Wildman–Crippen LogP) is 1.66. The molecular formula is C9H18BrNO2. The molecular weight excluding hydrogens is 234 g/mol. The zero-order chi connectivity index (χ0) is 10.1. The number of nitrogens with zero attached hydrogens (tertiary/aromatic N) is 1. The molecule has 0 aliphatic carbocycles. The number of alkyl halides is 1. The van der Waals surface area contributed by atoms with Crippen LogP contribution in [0.25, 0.3) is 0 Å². The molecule has 0 atom stereocenters.